The van der Waals surface area contributed by atoms with Gasteiger partial charge in [-0.15, -0.1) is 12.4 Å². The highest BCUT2D eigenvalue weighted by Gasteiger charge is 2.29. The third-order valence-electron chi connectivity index (χ3n) is 3.00. The standard InChI is InChI=1S/C16H16F3N3O2.ClH/c1-10(20)15(23)22-13-8-11(12-4-2-3-7-21-12)5-6-14(13)24-9-16(17,18)19;/h2-8,10H,9,20H2,1H3,(H,22,23);1H. The van der Waals surface area contributed by atoms with Gasteiger partial charge in [0.05, 0.1) is 17.4 Å². The summed E-state index contributed by atoms with van der Waals surface area (Å²) >= 11 is 0. The Bertz CT molecular complexity index is 710. The van der Waals surface area contributed by atoms with Gasteiger partial charge in [-0.05, 0) is 37.3 Å². The summed E-state index contributed by atoms with van der Waals surface area (Å²) in [5, 5.41) is 2.47. The molecule has 0 spiro atoms. The Labute approximate surface area is 148 Å². The van der Waals surface area contributed by atoms with Crippen molar-refractivity contribution in [2.45, 2.75) is 19.1 Å². The van der Waals surface area contributed by atoms with Gasteiger partial charge in [-0.2, -0.15) is 13.2 Å². The zero-order valence-corrected chi connectivity index (χ0v) is 14.0. The first-order valence-corrected chi connectivity index (χ1v) is 7.08. The van der Waals surface area contributed by atoms with Crippen LogP contribution >= 0.6 is 12.4 Å². The Morgan fingerprint density at radius 3 is 2.60 bits per heavy atom. The average Bonchev–Trinajstić information content (AvgIpc) is 2.53. The third kappa shape index (κ3) is 6.24. The van der Waals surface area contributed by atoms with E-state index in [-0.39, 0.29) is 23.8 Å². The first-order valence-electron chi connectivity index (χ1n) is 7.08. The van der Waals surface area contributed by atoms with E-state index in [9.17, 15) is 18.0 Å². The first kappa shape index (κ1) is 20.7. The summed E-state index contributed by atoms with van der Waals surface area (Å²) in [6.45, 7) is 0.00512. The number of nitrogens with zero attached hydrogens (tertiary/aromatic N) is 1. The number of hydrogen-bond acceptors (Lipinski definition) is 4. The van der Waals surface area contributed by atoms with Crippen molar-refractivity contribution in [1.29, 1.82) is 0 Å². The molecule has 0 aliphatic heterocycles. The van der Waals surface area contributed by atoms with E-state index in [4.69, 9.17) is 10.5 Å². The van der Waals surface area contributed by atoms with Gasteiger partial charge in [-0.1, -0.05) is 6.07 Å². The predicted molar refractivity (Wildman–Crippen MR) is 90.8 cm³/mol. The highest BCUT2D eigenvalue weighted by Crippen LogP contribution is 2.31. The Kier molecular flexibility index (Phi) is 7.20. The van der Waals surface area contributed by atoms with Gasteiger partial charge in [0.2, 0.25) is 5.91 Å². The van der Waals surface area contributed by atoms with Crippen molar-refractivity contribution in [2.75, 3.05) is 11.9 Å². The lowest BCUT2D eigenvalue weighted by Gasteiger charge is -2.16. The zero-order valence-electron chi connectivity index (χ0n) is 13.2. The normalized spacial score (nSPS) is 12.0. The highest BCUT2D eigenvalue weighted by atomic mass is 35.5. The van der Waals surface area contributed by atoms with Crippen molar-refractivity contribution in [3.05, 3.63) is 42.6 Å². The number of nitrogens with two attached hydrogens (primary N) is 1. The van der Waals surface area contributed by atoms with E-state index < -0.39 is 24.7 Å². The fourth-order valence-electron chi connectivity index (χ4n) is 1.85. The van der Waals surface area contributed by atoms with Crippen molar-refractivity contribution >= 4 is 24.0 Å². The van der Waals surface area contributed by atoms with Gasteiger partial charge in [0.25, 0.3) is 0 Å². The largest absolute Gasteiger partial charge is 0.482 e. The van der Waals surface area contributed by atoms with Crippen LogP contribution in [0.2, 0.25) is 0 Å². The molecule has 136 valence electrons. The van der Waals surface area contributed by atoms with Gasteiger partial charge in [-0.25, -0.2) is 0 Å². The van der Waals surface area contributed by atoms with E-state index in [1.165, 1.54) is 19.1 Å². The summed E-state index contributed by atoms with van der Waals surface area (Å²) in [7, 11) is 0. The minimum Gasteiger partial charge on any atom is -0.482 e. The number of carbonyl (C=O) groups excluding carboxylic acids is 1. The van der Waals surface area contributed by atoms with Crippen LogP contribution < -0.4 is 15.8 Å². The maximum atomic E-state index is 12.4. The maximum absolute atomic E-state index is 12.4. The molecule has 1 unspecified atom stereocenters. The molecular weight excluding hydrogens is 359 g/mol. The number of carbonyl (C=O) groups is 1. The third-order valence-corrected chi connectivity index (χ3v) is 3.00. The minimum absolute atomic E-state index is 0. The Morgan fingerprint density at radius 2 is 2.04 bits per heavy atom. The lowest BCUT2D eigenvalue weighted by molar-refractivity contribution is -0.153. The molecule has 0 aliphatic carbocycles. The molecule has 1 heterocycles. The summed E-state index contributed by atoms with van der Waals surface area (Å²) in [5.41, 5.74) is 6.81. The Morgan fingerprint density at radius 1 is 1.32 bits per heavy atom. The van der Waals surface area contributed by atoms with E-state index >= 15 is 0 Å². The van der Waals surface area contributed by atoms with Gasteiger partial charge in [0.15, 0.2) is 6.61 Å². The zero-order chi connectivity index (χ0) is 17.7. The van der Waals surface area contributed by atoms with Gasteiger partial charge in [0, 0.05) is 11.8 Å². The van der Waals surface area contributed by atoms with Gasteiger partial charge in [0.1, 0.15) is 5.75 Å². The summed E-state index contributed by atoms with van der Waals surface area (Å²) in [6, 6.07) is 8.85. The topological polar surface area (TPSA) is 77.2 Å². The number of nitrogens with one attached hydrogen (secondary N) is 1. The number of halogens is 4. The van der Waals surface area contributed by atoms with Crippen LogP contribution in [0.3, 0.4) is 0 Å². The number of ether oxygens (including phenoxy) is 1. The fourth-order valence-corrected chi connectivity index (χ4v) is 1.85. The van der Waals surface area contributed by atoms with Crippen molar-refractivity contribution in [2.24, 2.45) is 5.73 Å². The second-order valence-electron chi connectivity index (χ2n) is 5.11. The molecular formula is C16H17ClF3N3O2. The maximum Gasteiger partial charge on any atom is 0.422 e. The lowest BCUT2D eigenvalue weighted by Crippen LogP contribution is -2.32. The second kappa shape index (κ2) is 8.68. The molecule has 9 heteroatoms. The molecule has 3 N–H and O–H groups in total. The van der Waals surface area contributed by atoms with E-state index in [0.717, 1.165) is 0 Å². The molecule has 25 heavy (non-hydrogen) atoms. The average molecular weight is 376 g/mol. The smallest absolute Gasteiger partial charge is 0.422 e. The van der Waals surface area contributed by atoms with Crippen LogP contribution in [0.4, 0.5) is 18.9 Å². The molecule has 0 fully saturated rings. The number of hydrogen-bond donors (Lipinski definition) is 2. The quantitative estimate of drug-likeness (QED) is 0.839. The van der Waals surface area contributed by atoms with E-state index in [1.54, 1.807) is 30.5 Å². The molecule has 1 aromatic heterocycles. The minimum atomic E-state index is -4.48. The van der Waals surface area contributed by atoms with Crippen LogP contribution in [0.15, 0.2) is 42.6 Å². The fraction of sp³-hybridized carbons (Fsp3) is 0.250. The number of anilines is 1. The molecule has 0 radical (unpaired) electrons. The monoisotopic (exact) mass is 375 g/mol. The number of amides is 1. The lowest BCUT2D eigenvalue weighted by atomic mass is 10.1. The highest BCUT2D eigenvalue weighted by molar-refractivity contribution is 5.96. The predicted octanol–water partition coefficient (Wildman–Crippen LogP) is 3.40. The number of rotatable bonds is 5. The summed E-state index contributed by atoms with van der Waals surface area (Å²) in [4.78, 5) is 15.9. The molecule has 2 aromatic rings. The van der Waals surface area contributed by atoms with Crippen LogP contribution in [0.1, 0.15) is 6.92 Å². The van der Waals surface area contributed by atoms with E-state index in [2.05, 4.69) is 10.3 Å². The molecule has 0 saturated heterocycles. The summed E-state index contributed by atoms with van der Waals surface area (Å²) in [6.07, 6.45) is -2.90. The van der Waals surface area contributed by atoms with Gasteiger partial charge < -0.3 is 15.8 Å². The van der Waals surface area contributed by atoms with Crippen molar-refractivity contribution in [3.8, 4) is 17.0 Å². The van der Waals surface area contributed by atoms with Crippen LogP contribution in [0, 0.1) is 0 Å². The van der Waals surface area contributed by atoms with Crippen LogP contribution in [0.5, 0.6) is 5.75 Å². The molecule has 1 atom stereocenters. The van der Waals surface area contributed by atoms with Crippen molar-refractivity contribution < 1.29 is 22.7 Å². The molecule has 0 saturated carbocycles. The van der Waals surface area contributed by atoms with E-state index in [0.29, 0.717) is 11.3 Å². The van der Waals surface area contributed by atoms with Crippen LogP contribution in [-0.4, -0.2) is 29.7 Å². The van der Waals surface area contributed by atoms with Crippen molar-refractivity contribution in [3.63, 3.8) is 0 Å². The molecule has 5 nitrogen and oxygen atoms in total. The molecule has 1 amide bonds. The van der Waals surface area contributed by atoms with Crippen molar-refractivity contribution in [1.82, 2.24) is 4.98 Å². The molecule has 2 rings (SSSR count). The SMILES string of the molecule is CC(N)C(=O)Nc1cc(-c2ccccn2)ccc1OCC(F)(F)F.Cl. The van der Waals surface area contributed by atoms with Crippen LogP contribution in [0.25, 0.3) is 11.3 Å². The number of aromatic nitrogens is 1. The number of pyridine rings is 1. The summed E-state index contributed by atoms with van der Waals surface area (Å²) < 4.78 is 41.9. The summed E-state index contributed by atoms with van der Waals surface area (Å²) in [5.74, 6) is -0.633. The second-order valence-corrected chi connectivity index (χ2v) is 5.11. The Balaban J connectivity index is 0.00000312. The molecule has 0 bridgehead atoms. The van der Waals surface area contributed by atoms with E-state index in [1.807, 2.05) is 0 Å². The number of benzene rings is 1. The van der Waals surface area contributed by atoms with Gasteiger partial charge in [-0.3, -0.25) is 9.78 Å². The first-order chi connectivity index (χ1) is 11.3. The van der Waals surface area contributed by atoms with Gasteiger partial charge >= 0.3 is 6.18 Å². The molecule has 1 aromatic carbocycles. The number of alkyl halides is 3. The molecule has 0 aliphatic rings. The Hall–Kier alpha value is -2.32. The van der Waals surface area contributed by atoms with Crippen LogP contribution in [-0.2, 0) is 4.79 Å².